The second-order valence-electron chi connectivity index (χ2n) is 4.22. The lowest BCUT2D eigenvalue weighted by Crippen LogP contribution is -2.12. The monoisotopic (exact) mass is 323 g/mol. The third-order valence-corrected chi connectivity index (χ3v) is 3.09. The molecule has 0 saturated heterocycles. The standard InChI is InChI=1S/C15H15BrFNO/c1-11-3-2-4-13(9-11)18-7-8-19-15-6-5-12(16)10-14(15)17/h2-6,9-10,18H,7-8H2,1H3. The number of rotatable bonds is 5. The van der Waals surface area contributed by atoms with Gasteiger partial charge in [0.25, 0.3) is 0 Å². The average Bonchev–Trinajstić information content (AvgIpc) is 2.37. The second kappa shape index (κ2) is 6.57. The van der Waals surface area contributed by atoms with Crippen LogP contribution in [0.25, 0.3) is 0 Å². The average molecular weight is 324 g/mol. The van der Waals surface area contributed by atoms with E-state index in [0.29, 0.717) is 17.6 Å². The number of hydrogen-bond acceptors (Lipinski definition) is 2. The summed E-state index contributed by atoms with van der Waals surface area (Å²) in [5.74, 6) is -0.0841. The molecule has 4 heteroatoms. The van der Waals surface area contributed by atoms with Crippen LogP contribution < -0.4 is 10.1 Å². The fraction of sp³-hybridized carbons (Fsp3) is 0.200. The predicted molar refractivity (Wildman–Crippen MR) is 79.3 cm³/mol. The van der Waals surface area contributed by atoms with Crippen LogP contribution in [-0.4, -0.2) is 13.2 Å². The summed E-state index contributed by atoms with van der Waals surface area (Å²) in [6.45, 7) is 3.07. The van der Waals surface area contributed by atoms with Crippen molar-refractivity contribution in [3.8, 4) is 5.75 Å². The molecule has 0 aliphatic heterocycles. The van der Waals surface area contributed by atoms with Crippen molar-refractivity contribution in [2.45, 2.75) is 6.92 Å². The molecule has 0 aliphatic rings. The summed E-state index contributed by atoms with van der Waals surface area (Å²) >= 11 is 3.21. The normalized spacial score (nSPS) is 10.3. The molecule has 0 unspecified atom stereocenters. The van der Waals surface area contributed by atoms with Crippen LogP contribution in [0.2, 0.25) is 0 Å². The van der Waals surface area contributed by atoms with E-state index in [2.05, 4.69) is 27.3 Å². The molecule has 0 aliphatic carbocycles. The van der Waals surface area contributed by atoms with Crippen molar-refractivity contribution in [1.29, 1.82) is 0 Å². The minimum Gasteiger partial charge on any atom is -0.489 e. The summed E-state index contributed by atoms with van der Waals surface area (Å²) in [7, 11) is 0. The van der Waals surface area contributed by atoms with Crippen molar-refractivity contribution in [2.24, 2.45) is 0 Å². The highest BCUT2D eigenvalue weighted by molar-refractivity contribution is 9.10. The van der Waals surface area contributed by atoms with Gasteiger partial charge in [-0.1, -0.05) is 28.1 Å². The van der Waals surface area contributed by atoms with Gasteiger partial charge >= 0.3 is 0 Å². The first-order chi connectivity index (χ1) is 9.15. The maximum atomic E-state index is 13.5. The van der Waals surface area contributed by atoms with Gasteiger partial charge in [-0.25, -0.2) is 4.39 Å². The zero-order chi connectivity index (χ0) is 13.7. The van der Waals surface area contributed by atoms with E-state index in [1.165, 1.54) is 11.6 Å². The predicted octanol–water partition coefficient (Wildman–Crippen LogP) is 4.39. The molecule has 2 aromatic carbocycles. The van der Waals surface area contributed by atoms with Crippen LogP contribution >= 0.6 is 15.9 Å². The van der Waals surface area contributed by atoms with Gasteiger partial charge in [0.15, 0.2) is 11.6 Å². The Hall–Kier alpha value is -1.55. The summed E-state index contributed by atoms with van der Waals surface area (Å²) in [6, 6.07) is 12.8. The van der Waals surface area contributed by atoms with Gasteiger partial charge in [0.1, 0.15) is 6.61 Å². The molecule has 0 saturated carbocycles. The molecule has 1 N–H and O–H groups in total. The van der Waals surface area contributed by atoms with Gasteiger partial charge in [-0.05, 0) is 42.8 Å². The molecule has 0 bridgehead atoms. The lowest BCUT2D eigenvalue weighted by atomic mass is 10.2. The van der Waals surface area contributed by atoms with Crippen molar-refractivity contribution in [3.05, 3.63) is 58.3 Å². The second-order valence-corrected chi connectivity index (χ2v) is 5.14. The van der Waals surface area contributed by atoms with Crippen LogP contribution in [0.1, 0.15) is 5.56 Å². The van der Waals surface area contributed by atoms with Crippen LogP contribution in [0.5, 0.6) is 5.75 Å². The zero-order valence-corrected chi connectivity index (χ0v) is 12.2. The molecule has 100 valence electrons. The van der Waals surface area contributed by atoms with Gasteiger partial charge in [-0.3, -0.25) is 0 Å². The van der Waals surface area contributed by atoms with Crippen LogP contribution in [0.4, 0.5) is 10.1 Å². The van der Waals surface area contributed by atoms with Crippen LogP contribution in [-0.2, 0) is 0 Å². The summed E-state index contributed by atoms with van der Waals surface area (Å²) in [5, 5.41) is 3.23. The Kier molecular flexibility index (Phi) is 4.80. The Bertz CT molecular complexity index is 560. The van der Waals surface area contributed by atoms with E-state index in [1.54, 1.807) is 12.1 Å². The van der Waals surface area contributed by atoms with E-state index in [1.807, 2.05) is 25.1 Å². The van der Waals surface area contributed by atoms with Gasteiger partial charge in [0.05, 0.1) is 0 Å². The van der Waals surface area contributed by atoms with E-state index in [0.717, 1.165) is 5.69 Å². The van der Waals surface area contributed by atoms with Crippen molar-refractivity contribution in [2.75, 3.05) is 18.5 Å². The molecule has 0 atom stereocenters. The summed E-state index contributed by atoms with van der Waals surface area (Å²) < 4.78 is 19.6. The van der Waals surface area contributed by atoms with Gasteiger partial charge in [-0.2, -0.15) is 0 Å². The Morgan fingerprint density at radius 1 is 1.21 bits per heavy atom. The van der Waals surface area contributed by atoms with Gasteiger partial charge in [0, 0.05) is 16.7 Å². The topological polar surface area (TPSA) is 21.3 Å². The van der Waals surface area contributed by atoms with E-state index in [4.69, 9.17) is 4.74 Å². The number of ether oxygens (including phenoxy) is 1. The number of nitrogens with one attached hydrogen (secondary N) is 1. The highest BCUT2D eigenvalue weighted by Crippen LogP contribution is 2.21. The summed E-state index contributed by atoms with van der Waals surface area (Å²) in [6.07, 6.45) is 0. The molecule has 0 amide bonds. The largest absolute Gasteiger partial charge is 0.489 e. The van der Waals surface area contributed by atoms with Crippen LogP contribution in [0, 0.1) is 12.7 Å². The lowest BCUT2D eigenvalue weighted by Gasteiger charge is -2.09. The minimum atomic E-state index is -0.357. The Morgan fingerprint density at radius 2 is 2.05 bits per heavy atom. The van der Waals surface area contributed by atoms with E-state index in [9.17, 15) is 4.39 Å². The Labute approximate surface area is 120 Å². The Balaban J connectivity index is 1.81. The number of halogens is 2. The quantitative estimate of drug-likeness (QED) is 0.824. The van der Waals surface area contributed by atoms with Gasteiger partial charge in [-0.15, -0.1) is 0 Å². The van der Waals surface area contributed by atoms with Crippen molar-refractivity contribution in [1.82, 2.24) is 0 Å². The molecular formula is C15H15BrFNO. The van der Waals surface area contributed by atoms with Crippen LogP contribution in [0.3, 0.4) is 0 Å². The molecule has 2 aromatic rings. The van der Waals surface area contributed by atoms with E-state index in [-0.39, 0.29) is 11.6 Å². The molecule has 2 nitrogen and oxygen atoms in total. The SMILES string of the molecule is Cc1cccc(NCCOc2ccc(Br)cc2F)c1. The maximum Gasteiger partial charge on any atom is 0.166 e. The summed E-state index contributed by atoms with van der Waals surface area (Å²) in [5.41, 5.74) is 2.24. The van der Waals surface area contributed by atoms with Gasteiger partial charge in [0.2, 0.25) is 0 Å². The van der Waals surface area contributed by atoms with E-state index >= 15 is 0 Å². The highest BCUT2D eigenvalue weighted by atomic mass is 79.9. The number of aryl methyl sites for hydroxylation is 1. The van der Waals surface area contributed by atoms with E-state index < -0.39 is 0 Å². The van der Waals surface area contributed by atoms with Crippen LogP contribution in [0.15, 0.2) is 46.9 Å². The molecule has 2 rings (SSSR count). The van der Waals surface area contributed by atoms with Gasteiger partial charge < -0.3 is 10.1 Å². The molecular weight excluding hydrogens is 309 g/mol. The third kappa shape index (κ3) is 4.24. The van der Waals surface area contributed by atoms with Crippen molar-refractivity contribution < 1.29 is 9.13 Å². The molecule has 0 heterocycles. The minimum absolute atomic E-state index is 0.272. The van der Waals surface area contributed by atoms with Crippen molar-refractivity contribution in [3.63, 3.8) is 0 Å². The smallest absolute Gasteiger partial charge is 0.166 e. The number of benzene rings is 2. The summed E-state index contributed by atoms with van der Waals surface area (Å²) in [4.78, 5) is 0. The Morgan fingerprint density at radius 3 is 2.79 bits per heavy atom. The highest BCUT2D eigenvalue weighted by Gasteiger charge is 2.03. The third-order valence-electron chi connectivity index (χ3n) is 2.60. The molecule has 0 radical (unpaired) electrons. The molecule has 0 fully saturated rings. The lowest BCUT2D eigenvalue weighted by molar-refractivity contribution is 0.315. The number of hydrogen-bond donors (Lipinski definition) is 1. The first-order valence-electron chi connectivity index (χ1n) is 6.03. The zero-order valence-electron chi connectivity index (χ0n) is 10.6. The fourth-order valence-corrected chi connectivity index (χ4v) is 2.04. The molecule has 19 heavy (non-hydrogen) atoms. The maximum absolute atomic E-state index is 13.5. The fourth-order valence-electron chi connectivity index (χ4n) is 1.70. The molecule has 0 aromatic heterocycles. The van der Waals surface area contributed by atoms with Crippen molar-refractivity contribution >= 4 is 21.6 Å². The first-order valence-corrected chi connectivity index (χ1v) is 6.83. The first kappa shape index (κ1) is 13.9. The number of anilines is 1. The molecule has 0 spiro atoms.